The summed E-state index contributed by atoms with van der Waals surface area (Å²) in [6, 6.07) is 0. The molecule has 0 aromatic heterocycles. The van der Waals surface area contributed by atoms with E-state index < -0.39 is 5.60 Å². The van der Waals surface area contributed by atoms with Crippen LogP contribution in [0.5, 0.6) is 0 Å². The maximum Gasteiger partial charge on any atom is 0.0669 e. The van der Waals surface area contributed by atoms with Crippen molar-refractivity contribution in [2.45, 2.75) is 52.1 Å². The summed E-state index contributed by atoms with van der Waals surface area (Å²) >= 11 is 0. The van der Waals surface area contributed by atoms with Gasteiger partial charge in [0, 0.05) is 13.7 Å². The van der Waals surface area contributed by atoms with Crippen molar-refractivity contribution >= 4 is 0 Å². The van der Waals surface area contributed by atoms with Crippen molar-refractivity contribution in [1.29, 1.82) is 0 Å². The van der Waals surface area contributed by atoms with Crippen molar-refractivity contribution in [3.05, 3.63) is 0 Å². The third-order valence-electron chi connectivity index (χ3n) is 4.29. The molecule has 0 radical (unpaired) electrons. The molecule has 0 aliphatic heterocycles. The molecule has 1 aliphatic carbocycles. The van der Waals surface area contributed by atoms with E-state index in [2.05, 4.69) is 13.8 Å². The summed E-state index contributed by atoms with van der Waals surface area (Å²) in [6.45, 7) is 7.26. The number of hydrogen-bond donors (Lipinski definition) is 1. The third-order valence-corrected chi connectivity index (χ3v) is 4.29. The van der Waals surface area contributed by atoms with Gasteiger partial charge in [-0.1, -0.05) is 20.3 Å². The number of methoxy groups -OCH3 is 1. The molecule has 2 heteroatoms. The van der Waals surface area contributed by atoms with Crippen LogP contribution in [0.2, 0.25) is 0 Å². The van der Waals surface area contributed by atoms with Gasteiger partial charge in [-0.3, -0.25) is 0 Å². The second kappa shape index (κ2) is 5.31. The number of rotatable bonds is 4. The highest BCUT2D eigenvalue weighted by atomic mass is 16.5. The highest BCUT2D eigenvalue weighted by Gasteiger charge is 2.36. The summed E-state index contributed by atoms with van der Waals surface area (Å²) in [5, 5.41) is 10.4. The SMILES string of the molecule is COCCC(C)(O)C1CCC(C)C(C)C1. The highest BCUT2D eigenvalue weighted by Crippen LogP contribution is 2.39. The quantitative estimate of drug-likeness (QED) is 0.779. The predicted molar refractivity (Wildman–Crippen MR) is 62.8 cm³/mol. The fourth-order valence-corrected chi connectivity index (χ4v) is 2.63. The topological polar surface area (TPSA) is 29.5 Å². The average molecular weight is 214 g/mol. The maximum absolute atomic E-state index is 10.4. The second-order valence-electron chi connectivity index (χ2n) is 5.56. The Morgan fingerprint density at radius 3 is 2.47 bits per heavy atom. The van der Waals surface area contributed by atoms with Gasteiger partial charge < -0.3 is 9.84 Å². The van der Waals surface area contributed by atoms with Crippen molar-refractivity contribution < 1.29 is 9.84 Å². The fourth-order valence-electron chi connectivity index (χ4n) is 2.63. The van der Waals surface area contributed by atoms with Gasteiger partial charge in [0.25, 0.3) is 0 Å². The van der Waals surface area contributed by atoms with Crippen LogP contribution in [0.15, 0.2) is 0 Å². The Morgan fingerprint density at radius 1 is 1.27 bits per heavy atom. The largest absolute Gasteiger partial charge is 0.390 e. The van der Waals surface area contributed by atoms with Crippen LogP contribution in [0.4, 0.5) is 0 Å². The standard InChI is InChI=1S/C13H26O2/c1-10-5-6-12(9-11(10)2)13(3,14)7-8-15-4/h10-12,14H,5-9H2,1-4H3. The van der Waals surface area contributed by atoms with E-state index in [1.165, 1.54) is 12.8 Å². The summed E-state index contributed by atoms with van der Waals surface area (Å²) in [5.74, 6) is 2.02. The van der Waals surface area contributed by atoms with Crippen molar-refractivity contribution in [1.82, 2.24) is 0 Å². The molecule has 0 amide bonds. The monoisotopic (exact) mass is 214 g/mol. The lowest BCUT2D eigenvalue weighted by Gasteiger charge is -2.40. The zero-order valence-electron chi connectivity index (χ0n) is 10.6. The lowest BCUT2D eigenvalue weighted by molar-refractivity contribution is -0.0510. The van der Waals surface area contributed by atoms with E-state index in [0.29, 0.717) is 12.5 Å². The number of aliphatic hydroxyl groups is 1. The fraction of sp³-hybridized carbons (Fsp3) is 1.00. The minimum Gasteiger partial charge on any atom is -0.390 e. The molecule has 90 valence electrons. The van der Waals surface area contributed by atoms with E-state index in [0.717, 1.165) is 24.7 Å². The van der Waals surface area contributed by atoms with Crippen LogP contribution in [-0.2, 0) is 4.74 Å². The van der Waals surface area contributed by atoms with E-state index in [1.807, 2.05) is 6.92 Å². The van der Waals surface area contributed by atoms with Gasteiger partial charge in [-0.15, -0.1) is 0 Å². The van der Waals surface area contributed by atoms with Crippen molar-refractivity contribution in [3.63, 3.8) is 0 Å². The Labute approximate surface area is 94.0 Å². The van der Waals surface area contributed by atoms with Crippen molar-refractivity contribution in [2.24, 2.45) is 17.8 Å². The van der Waals surface area contributed by atoms with Gasteiger partial charge in [0.05, 0.1) is 5.60 Å². The van der Waals surface area contributed by atoms with Crippen LogP contribution in [0.25, 0.3) is 0 Å². The summed E-state index contributed by atoms with van der Waals surface area (Å²) in [5.41, 5.74) is -0.537. The number of ether oxygens (including phenoxy) is 1. The van der Waals surface area contributed by atoms with Gasteiger partial charge in [-0.2, -0.15) is 0 Å². The van der Waals surface area contributed by atoms with E-state index in [-0.39, 0.29) is 0 Å². The molecule has 1 fully saturated rings. The summed E-state index contributed by atoms with van der Waals surface area (Å²) < 4.78 is 5.06. The van der Waals surface area contributed by atoms with E-state index in [9.17, 15) is 5.11 Å². The van der Waals surface area contributed by atoms with E-state index in [4.69, 9.17) is 4.74 Å². The Kier molecular flexibility index (Phi) is 4.60. The van der Waals surface area contributed by atoms with Gasteiger partial charge in [0.1, 0.15) is 0 Å². The van der Waals surface area contributed by atoms with Crippen LogP contribution in [0, 0.1) is 17.8 Å². The molecule has 0 heterocycles. The predicted octanol–water partition coefficient (Wildman–Crippen LogP) is 2.85. The first-order valence-electron chi connectivity index (χ1n) is 6.18. The molecule has 4 unspecified atom stereocenters. The van der Waals surface area contributed by atoms with Gasteiger partial charge in [0.15, 0.2) is 0 Å². The van der Waals surface area contributed by atoms with Crippen LogP contribution in [0.1, 0.15) is 46.5 Å². The summed E-state index contributed by atoms with van der Waals surface area (Å²) in [7, 11) is 1.70. The van der Waals surface area contributed by atoms with Crippen molar-refractivity contribution in [2.75, 3.05) is 13.7 Å². The zero-order valence-corrected chi connectivity index (χ0v) is 10.6. The molecule has 1 saturated carbocycles. The number of hydrogen-bond acceptors (Lipinski definition) is 2. The van der Waals surface area contributed by atoms with Crippen LogP contribution in [0.3, 0.4) is 0 Å². The minimum absolute atomic E-state index is 0.457. The molecule has 0 aromatic carbocycles. The molecule has 1 aliphatic rings. The van der Waals surface area contributed by atoms with Gasteiger partial charge in [0.2, 0.25) is 0 Å². The zero-order chi connectivity index (χ0) is 11.5. The first-order chi connectivity index (χ1) is 6.97. The molecule has 4 atom stereocenters. The van der Waals surface area contributed by atoms with Gasteiger partial charge in [-0.05, 0) is 43.9 Å². The minimum atomic E-state index is -0.537. The van der Waals surface area contributed by atoms with Crippen LogP contribution in [-0.4, -0.2) is 24.4 Å². The summed E-state index contributed by atoms with van der Waals surface area (Å²) in [6.07, 6.45) is 4.35. The molecule has 1 rings (SSSR count). The lowest BCUT2D eigenvalue weighted by atomic mass is 9.69. The van der Waals surface area contributed by atoms with E-state index in [1.54, 1.807) is 7.11 Å². The van der Waals surface area contributed by atoms with Gasteiger partial charge in [-0.25, -0.2) is 0 Å². The summed E-state index contributed by atoms with van der Waals surface area (Å²) in [4.78, 5) is 0. The molecule has 2 nitrogen and oxygen atoms in total. The molecule has 0 aromatic rings. The smallest absolute Gasteiger partial charge is 0.0669 e. The lowest BCUT2D eigenvalue weighted by Crippen LogP contribution is -2.39. The Balaban J connectivity index is 2.48. The van der Waals surface area contributed by atoms with Crippen LogP contribution >= 0.6 is 0 Å². The second-order valence-corrected chi connectivity index (χ2v) is 5.56. The molecule has 15 heavy (non-hydrogen) atoms. The molecule has 1 N–H and O–H groups in total. The average Bonchev–Trinajstić information content (AvgIpc) is 2.19. The first-order valence-corrected chi connectivity index (χ1v) is 6.18. The molecular weight excluding hydrogens is 188 g/mol. The molecule has 0 spiro atoms. The van der Waals surface area contributed by atoms with Crippen LogP contribution < -0.4 is 0 Å². The normalized spacial score (nSPS) is 36.2. The maximum atomic E-state index is 10.4. The Bertz CT molecular complexity index is 189. The van der Waals surface area contributed by atoms with Crippen molar-refractivity contribution in [3.8, 4) is 0 Å². The molecular formula is C13H26O2. The third kappa shape index (κ3) is 3.46. The first kappa shape index (κ1) is 13.0. The Morgan fingerprint density at radius 2 is 1.93 bits per heavy atom. The highest BCUT2D eigenvalue weighted by molar-refractivity contribution is 4.87. The Hall–Kier alpha value is -0.0800. The molecule has 0 saturated heterocycles. The van der Waals surface area contributed by atoms with E-state index >= 15 is 0 Å². The van der Waals surface area contributed by atoms with Gasteiger partial charge >= 0.3 is 0 Å². The molecule has 0 bridgehead atoms.